The average Bonchev–Trinajstić information content (AvgIpc) is 3.06. The summed E-state index contributed by atoms with van der Waals surface area (Å²) in [4.78, 5) is 24.7. The molecule has 21 heavy (non-hydrogen) atoms. The Morgan fingerprint density at radius 2 is 2.33 bits per heavy atom. The first-order valence-corrected chi connectivity index (χ1v) is 6.94. The highest BCUT2D eigenvalue weighted by atomic mass is 16.5. The lowest BCUT2D eigenvalue weighted by molar-refractivity contribution is -0.114. The number of likely N-dealkylation sites (tertiary alicyclic amines) is 1. The van der Waals surface area contributed by atoms with Gasteiger partial charge in [-0.1, -0.05) is 0 Å². The molecule has 1 aromatic heterocycles. The van der Waals surface area contributed by atoms with Gasteiger partial charge in [0.1, 0.15) is 0 Å². The first kappa shape index (κ1) is 15.3. The smallest absolute Gasteiger partial charge is 0.317 e. The SMILES string of the molecule is COCCNC(=O)N1CCC(n2ccc(NC(C)=O)n2)C1. The van der Waals surface area contributed by atoms with E-state index in [1.54, 1.807) is 22.8 Å². The molecule has 1 saturated heterocycles. The molecule has 3 amide bonds. The van der Waals surface area contributed by atoms with Crippen LogP contribution in [0.3, 0.4) is 0 Å². The van der Waals surface area contributed by atoms with Crippen molar-refractivity contribution in [2.24, 2.45) is 0 Å². The molecule has 0 aromatic carbocycles. The molecule has 8 nitrogen and oxygen atoms in total. The minimum atomic E-state index is -0.147. The summed E-state index contributed by atoms with van der Waals surface area (Å²) in [5.41, 5.74) is 0. The van der Waals surface area contributed by atoms with Gasteiger partial charge in [-0.3, -0.25) is 9.48 Å². The van der Waals surface area contributed by atoms with E-state index >= 15 is 0 Å². The predicted molar refractivity (Wildman–Crippen MR) is 77.0 cm³/mol. The standard InChI is InChI=1S/C13H21N5O3/c1-10(19)15-12-4-7-18(16-12)11-3-6-17(9-11)13(20)14-5-8-21-2/h4,7,11H,3,5-6,8-9H2,1-2H3,(H,14,20)(H,15,16,19). The molecule has 0 radical (unpaired) electrons. The fourth-order valence-corrected chi connectivity index (χ4v) is 2.30. The van der Waals surface area contributed by atoms with E-state index in [-0.39, 0.29) is 18.0 Å². The van der Waals surface area contributed by atoms with E-state index in [1.165, 1.54) is 6.92 Å². The van der Waals surface area contributed by atoms with Gasteiger partial charge in [-0.05, 0) is 6.42 Å². The van der Waals surface area contributed by atoms with E-state index < -0.39 is 0 Å². The van der Waals surface area contributed by atoms with Gasteiger partial charge in [0.15, 0.2) is 5.82 Å². The molecule has 0 saturated carbocycles. The van der Waals surface area contributed by atoms with E-state index in [0.717, 1.165) is 6.42 Å². The van der Waals surface area contributed by atoms with Crippen molar-refractivity contribution < 1.29 is 14.3 Å². The van der Waals surface area contributed by atoms with Crippen LogP contribution in [0.15, 0.2) is 12.3 Å². The third-order valence-corrected chi connectivity index (χ3v) is 3.32. The lowest BCUT2D eigenvalue weighted by Gasteiger charge is -2.17. The zero-order valence-corrected chi connectivity index (χ0v) is 12.3. The number of nitrogens with zero attached hydrogens (tertiary/aromatic N) is 3. The van der Waals surface area contributed by atoms with E-state index in [0.29, 0.717) is 32.1 Å². The number of aromatic nitrogens is 2. The Hall–Kier alpha value is -2.09. The monoisotopic (exact) mass is 295 g/mol. The van der Waals surface area contributed by atoms with E-state index in [1.807, 2.05) is 6.20 Å². The van der Waals surface area contributed by atoms with Crippen molar-refractivity contribution >= 4 is 17.8 Å². The van der Waals surface area contributed by atoms with Crippen molar-refractivity contribution in [2.75, 3.05) is 38.7 Å². The molecule has 1 aromatic rings. The summed E-state index contributed by atoms with van der Waals surface area (Å²) in [6.07, 6.45) is 2.67. The number of carbonyl (C=O) groups excluding carboxylic acids is 2. The van der Waals surface area contributed by atoms with Crippen molar-refractivity contribution in [3.05, 3.63) is 12.3 Å². The van der Waals surface area contributed by atoms with Gasteiger partial charge in [0.25, 0.3) is 0 Å². The second-order valence-corrected chi connectivity index (χ2v) is 4.98. The van der Waals surface area contributed by atoms with Crippen LogP contribution in [0.5, 0.6) is 0 Å². The summed E-state index contributed by atoms with van der Waals surface area (Å²) in [7, 11) is 1.60. The van der Waals surface area contributed by atoms with Gasteiger partial charge in [0.05, 0.1) is 12.6 Å². The van der Waals surface area contributed by atoms with Crippen LogP contribution in [-0.4, -0.2) is 60.0 Å². The summed E-state index contributed by atoms with van der Waals surface area (Å²) in [6, 6.07) is 1.81. The van der Waals surface area contributed by atoms with Crippen LogP contribution in [-0.2, 0) is 9.53 Å². The molecule has 1 unspecified atom stereocenters. The van der Waals surface area contributed by atoms with Crippen LogP contribution >= 0.6 is 0 Å². The zero-order chi connectivity index (χ0) is 15.2. The fourth-order valence-electron chi connectivity index (χ4n) is 2.30. The number of amides is 3. The Labute approximate surface area is 123 Å². The van der Waals surface area contributed by atoms with Gasteiger partial charge in [-0.25, -0.2) is 4.79 Å². The van der Waals surface area contributed by atoms with Gasteiger partial charge in [-0.15, -0.1) is 0 Å². The molecule has 1 fully saturated rings. The molecule has 1 atom stereocenters. The van der Waals surface area contributed by atoms with Gasteiger partial charge in [-0.2, -0.15) is 5.10 Å². The highest BCUT2D eigenvalue weighted by molar-refractivity contribution is 5.87. The normalized spacial score (nSPS) is 17.8. The highest BCUT2D eigenvalue weighted by Crippen LogP contribution is 2.21. The number of carbonyl (C=O) groups is 2. The maximum absolute atomic E-state index is 11.9. The van der Waals surface area contributed by atoms with Crippen LogP contribution in [0.4, 0.5) is 10.6 Å². The average molecular weight is 295 g/mol. The van der Waals surface area contributed by atoms with Crippen molar-refractivity contribution in [1.29, 1.82) is 0 Å². The molecular formula is C13H21N5O3. The topological polar surface area (TPSA) is 88.5 Å². The highest BCUT2D eigenvalue weighted by Gasteiger charge is 2.27. The molecule has 116 valence electrons. The molecule has 2 rings (SSSR count). The number of anilines is 1. The van der Waals surface area contributed by atoms with Gasteiger partial charge >= 0.3 is 6.03 Å². The Morgan fingerprint density at radius 3 is 3.05 bits per heavy atom. The summed E-state index contributed by atoms with van der Waals surface area (Å²) in [5.74, 6) is 0.385. The summed E-state index contributed by atoms with van der Waals surface area (Å²) >= 11 is 0. The number of ether oxygens (including phenoxy) is 1. The summed E-state index contributed by atoms with van der Waals surface area (Å²) < 4.78 is 6.70. The number of urea groups is 1. The minimum Gasteiger partial charge on any atom is -0.383 e. The van der Waals surface area contributed by atoms with E-state index in [2.05, 4.69) is 15.7 Å². The number of nitrogens with one attached hydrogen (secondary N) is 2. The molecule has 2 N–H and O–H groups in total. The molecule has 0 aliphatic carbocycles. The largest absolute Gasteiger partial charge is 0.383 e. The number of methoxy groups -OCH3 is 1. The molecule has 1 aliphatic rings. The molecular weight excluding hydrogens is 274 g/mol. The zero-order valence-electron chi connectivity index (χ0n) is 12.3. The van der Waals surface area contributed by atoms with Crippen molar-refractivity contribution in [3.8, 4) is 0 Å². The van der Waals surface area contributed by atoms with E-state index in [9.17, 15) is 9.59 Å². The van der Waals surface area contributed by atoms with Crippen LogP contribution in [0.2, 0.25) is 0 Å². The minimum absolute atomic E-state index is 0.0798. The lowest BCUT2D eigenvalue weighted by Crippen LogP contribution is -2.40. The maximum atomic E-state index is 11.9. The van der Waals surface area contributed by atoms with Gasteiger partial charge in [0, 0.05) is 45.9 Å². The van der Waals surface area contributed by atoms with E-state index in [4.69, 9.17) is 4.74 Å². The van der Waals surface area contributed by atoms with Gasteiger partial charge < -0.3 is 20.3 Å². The summed E-state index contributed by atoms with van der Waals surface area (Å²) in [6.45, 7) is 3.76. The van der Waals surface area contributed by atoms with Crippen molar-refractivity contribution in [2.45, 2.75) is 19.4 Å². The number of hydrogen-bond acceptors (Lipinski definition) is 4. The maximum Gasteiger partial charge on any atom is 0.317 e. The van der Waals surface area contributed by atoms with Crippen molar-refractivity contribution in [1.82, 2.24) is 20.0 Å². The Balaban J connectivity index is 1.85. The lowest BCUT2D eigenvalue weighted by atomic mass is 10.3. The Kier molecular flexibility index (Phi) is 5.15. The Bertz CT molecular complexity index is 502. The number of rotatable bonds is 5. The Morgan fingerprint density at radius 1 is 1.52 bits per heavy atom. The second-order valence-electron chi connectivity index (χ2n) is 4.98. The number of hydrogen-bond donors (Lipinski definition) is 2. The first-order valence-electron chi connectivity index (χ1n) is 6.94. The van der Waals surface area contributed by atoms with Gasteiger partial charge in [0.2, 0.25) is 5.91 Å². The summed E-state index contributed by atoms with van der Waals surface area (Å²) in [5, 5.41) is 9.75. The third-order valence-electron chi connectivity index (χ3n) is 3.32. The van der Waals surface area contributed by atoms with Crippen LogP contribution in [0.1, 0.15) is 19.4 Å². The van der Waals surface area contributed by atoms with Crippen LogP contribution in [0, 0.1) is 0 Å². The van der Waals surface area contributed by atoms with Crippen LogP contribution < -0.4 is 10.6 Å². The first-order chi connectivity index (χ1) is 10.1. The van der Waals surface area contributed by atoms with Crippen molar-refractivity contribution in [3.63, 3.8) is 0 Å². The molecule has 0 bridgehead atoms. The molecule has 2 heterocycles. The second kappa shape index (κ2) is 7.07. The molecule has 8 heteroatoms. The predicted octanol–water partition coefficient (Wildman–Crippen LogP) is 0.444. The van der Waals surface area contributed by atoms with Crippen LogP contribution in [0.25, 0.3) is 0 Å². The molecule has 1 aliphatic heterocycles. The fraction of sp³-hybridized carbons (Fsp3) is 0.615. The third kappa shape index (κ3) is 4.19. The quantitative estimate of drug-likeness (QED) is 0.772. The molecule has 0 spiro atoms.